The highest BCUT2D eigenvalue weighted by Gasteiger charge is 2.19. The van der Waals surface area contributed by atoms with E-state index in [0.29, 0.717) is 6.54 Å². The highest BCUT2D eigenvalue weighted by atomic mass is 16.2. The van der Waals surface area contributed by atoms with E-state index >= 15 is 0 Å². The number of hydrogen-bond donors (Lipinski definition) is 1. The lowest BCUT2D eigenvalue weighted by Gasteiger charge is -2.20. The minimum absolute atomic E-state index is 0.206. The number of nitrogens with one attached hydrogen (secondary N) is 1. The molecular weight excluding hydrogens is 338 g/mol. The van der Waals surface area contributed by atoms with Crippen LogP contribution in [0.2, 0.25) is 0 Å². The third kappa shape index (κ3) is 4.70. The van der Waals surface area contributed by atoms with Gasteiger partial charge in [-0.25, -0.2) is 4.68 Å². The molecule has 0 saturated carbocycles. The summed E-state index contributed by atoms with van der Waals surface area (Å²) in [4.78, 5) is 24.8. The number of amides is 1. The van der Waals surface area contributed by atoms with Gasteiger partial charge in [0.1, 0.15) is 5.69 Å². The molecule has 0 spiro atoms. The number of rotatable bonds is 6. The Labute approximate surface area is 158 Å². The maximum absolute atomic E-state index is 12.9. The van der Waals surface area contributed by atoms with Crippen molar-refractivity contribution >= 4 is 5.91 Å². The van der Waals surface area contributed by atoms with Crippen LogP contribution in [-0.4, -0.2) is 15.7 Å². The van der Waals surface area contributed by atoms with Gasteiger partial charge in [0.25, 0.3) is 11.5 Å². The largest absolute Gasteiger partial charge is 0.340 e. The number of carbonyl (C=O) groups is 1. The van der Waals surface area contributed by atoms with Gasteiger partial charge in [-0.3, -0.25) is 9.59 Å². The molecule has 0 aliphatic heterocycles. The Bertz CT molecular complexity index is 911. The third-order valence-electron chi connectivity index (χ3n) is 4.18. The zero-order chi connectivity index (χ0) is 19.2. The number of hydrogen-bond acceptors (Lipinski definition) is 3. The van der Waals surface area contributed by atoms with E-state index in [2.05, 4.69) is 10.4 Å². The van der Waals surface area contributed by atoms with E-state index in [4.69, 9.17) is 0 Å². The molecule has 3 aromatic rings. The second-order valence-corrected chi connectivity index (χ2v) is 6.86. The van der Waals surface area contributed by atoms with E-state index in [-0.39, 0.29) is 29.1 Å². The fourth-order valence-electron chi connectivity index (χ4n) is 2.90. The second kappa shape index (κ2) is 8.45. The molecule has 1 amide bonds. The molecule has 0 bridgehead atoms. The SMILES string of the molecule is CC(C)Cn1nc(C(=O)NC(c2ccccc2)c2ccccc2)ccc1=O. The van der Waals surface area contributed by atoms with Gasteiger partial charge in [0.2, 0.25) is 0 Å². The Kier molecular flexibility index (Phi) is 5.81. The zero-order valence-electron chi connectivity index (χ0n) is 15.5. The predicted molar refractivity (Wildman–Crippen MR) is 106 cm³/mol. The number of carbonyl (C=O) groups excluding carboxylic acids is 1. The van der Waals surface area contributed by atoms with Crippen LogP contribution in [0.5, 0.6) is 0 Å². The van der Waals surface area contributed by atoms with Crippen LogP contribution >= 0.6 is 0 Å². The lowest BCUT2D eigenvalue weighted by molar-refractivity contribution is 0.0935. The highest BCUT2D eigenvalue weighted by Crippen LogP contribution is 2.22. The van der Waals surface area contributed by atoms with Gasteiger partial charge < -0.3 is 5.32 Å². The van der Waals surface area contributed by atoms with E-state index < -0.39 is 0 Å². The molecule has 5 heteroatoms. The smallest absolute Gasteiger partial charge is 0.272 e. The molecule has 0 radical (unpaired) electrons. The number of nitrogens with zero attached hydrogens (tertiary/aromatic N) is 2. The first-order chi connectivity index (χ1) is 13.0. The quantitative estimate of drug-likeness (QED) is 0.732. The molecule has 0 saturated heterocycles. The van der Waals surface area contributed by atoms with E-state index in [1.54, 1.807) is 0 Å². The summed E-state index contributed by atoms with van der Waals surface area (Å²) >= 11 is 0. The average Bonchev–Trinajstić information content (AvgIpc) is 2.68. The molecule has 0 aliphatic carbocycles. The summed E-state index contributed by atoms with van der Waals surface area (Å²) in [5.74, 6) is -0.0555. The zero-order valence-corrected chi connectivity index (χ0v) is 15.5. The van der Waals surface area contributed by atoms with Crippen LogP contribution in [0.1, 0.15) is 41.5 Å². The third-order valence-corrected chi connectivity index (χ3v) is 4.18. The predicted octanol–water partition coefficient (Wildman–Crippen LogP) is 3.42. The molecule has 5 nitrogen and oxygen atoms in total. The van der Waals surface area contributed by atoms with Gasteiger partial charge in [-0.15, -0.1) is 0 Å². The van der Waals surface area contributed by atoms with Gasteiger partial charge in [0, 0.05) is 12.6 Å². The van der Waals surface area contributed by atoms with E-state index in [0.717, 1.165) is 11.1 Å². The first kappa shape index (κ1) is 18.6. The van der Waals surface area contributed by atoms with Crippen molar-refractivity contribution in [1.82, 2.24) is 15.1 Å². The summed E-state index contributed by atoms with van der Waals surface area (Å²) in [5.41, 5.74) is 1.98. The molecule has 0 unspecified atom stereocenters. The second-order valence-electron chi connectivity index (χ2n) is 6.86. The van der Waals surface area contributed by atoms with Crippen molar-refractivity contribution in [2.45, 2.75) is 26.4 Å². The molecule has 1 aromatic heterocycles. The van der Waals surface area contributed by atoms with Crippen LogP contribution in [0.3, 0.4) is 0 Å². The van der Waals surface area contributed by atoms with Crippen LogP contribution in [-0.2, 0) is 6.54 Å². The van der Waals surface area contributed by atoms with Gasteiger partial charge in [-0.2, -0.15) is 5.10 Å². The minimum Gasteiger partial charge on any atom is -0.340 e. The van der Waals surface area contributed by atoms with Crippen molar-refractivity contribution < 1.29 is 4.79 Å². The summed E-state index contributed by atoms with van der Waals surface area (Å²) in [5, 5.41) is 7.29. The van der Waals surface area contributed by atoms with Crippen molar-refractivity contribution in [2.75, 3.05) is 0 Å². The highest BCUT2D eigenvalue weighted by molar-refractivity contribution is 5.92. The van der Waals surface area contributed by atoms with Crippen LogP contribution in [0, 0.1) is 5.92 Å². The lowest BCUT2D eigenvalue weighted by Crippen LogP contribution is -2.33. The van der Waals surface area contributed by atoms with E-state index in [1.165, 1.54) is 16.8 Å². The van der Waals surface area contributed by atoms with Gasteiger partial charge >= 0.3 is 0 Å². The topological polar surface area (TPSA) is 64.0 Å². The Hall–Kier alpha value is -3.21. The summed E-state index contributed by atoms with van der Waals surface area (Å²) < 4.78 is 1.35. The van der Waals surface area contributed by atoms with Crippen molar-refractivity contribution in [3.05, 3.63) is 100.0 Å². The number of aromatic nitrogens is 2. The van der Waals surface area contributed by atoms with E-state index in [1.807, 2.05) is 74.5 Å². The van der Waals surface area contributed by atoms with Crippen LogP contribution in [0.25, 0.3) is 0 Å². The fourth-order valence-corrected chi connectivity index (χ4v) is 2.90. The standard InChI is InChI=1S/C22H23N3O2/c1-16(2)15-25-20(26)14-13-19(24-25)22(27)23-21(17-9-5-3-6-10-17)18-11-7-4-8-12-18/h3-14,16,21H,15H2,1-2H3,(H,23,27). The monoisotopic (exact) mass is 361 g/mol. The van der Waals surface area contributed by atoms with Crippen molar-refractivity contribution in [2.24, 2.45) is 5.92 Å². The van der Waals surface area contributed by atoms with Gasteiger partial charge in [-0.1, -0.05) is 74.5 Å². The Morgan fingerprint density at radius 1 is 0.926 bits per heavy atom. The molecule has 3 rings (SSSR count). The molecule has 0 fully saturated rings. The Morgan fingerprint density at radius 2 is 1.48 bits per heavy atom. The Morgan fingerprint density at radius 3 is 2.00 bits per heavy atom. The molecular formula is C22H23N3O2. The van der Waals surface area contributed by atoms with Crippen LogP contribution in [0.15, 0.2) is 77.6 Å². The molecule has 0 aliphatic rings. The van der Waals surface area contributed by atoms with E-state index in [9.17, 15) is 9.59 Å². The van der Waals surface area contributed by atoms with Crippen LogP contribution in [0.4, 0.5) is 0 Å². The maximum atomic E-state index is 12.9. The first-order valence-electron chi connectivity index (χ1n) is 9.03. The molecule has 2 aromatic carbocycles. The molecule has 27 heavy (non-hydrogen) atoms. The fraction of sp³-hybridized carbons (Fsp3) is 0.227. The Balaban J connectivity index is 1.90. The maximum Gasteiger partial charge on any atom is 0.272 e. The lowest BCUT2D eigenvalue weighted by atomic mass is 9.98. The molecule has 1 N–H and O–H groups in total. The summed E-state index contributed by atoms with van der Waals surface area (Å²) in [6, 6.07) is 22.1. The van der Waals surface area contributed by atoms with Gasteiger partial charge in [0.15, 0.2) is 0 Å². The molecule has 1 heterocycles. The van der Waals surface area contributed by atoms with Crippen LogP contribution < -0.4 is 10.9 Å². The molecule has 0 atom stereocenters. The minimum atomic E-state index is -0.315. The van der Waals surface area contributed by atoms with Gasteiger partial charge in [-0.05, 0) is 23.1 Å². The first-order valence-corrected chi connectivity index (χ1v) is 9.03. The van der Waals surface area contributed by atoms with Gasteiger partial charge in [0.05, 0.1) is 6.04 Å². The van der Waals surface area contributed by atoms with Crippen molar-refractivity contribution in [3.8, 4) is 0 Å². The van der Waals surface area contributed by atoms with Crippen molar-refractivity contribution in [1.29, 1.82) is 0 Å². The number of benzene rings is 2. The summed E-state index contributed by atoms with van der Waals surface area (Å²) in [6.07, 6.45) is 0. The normalized spacial score (nSPS) is 11.0. The average molecular weight is 361 g/mol. The summed E-state index contributed by atoms with van der Waals surface area (Å²) in [6.45, 7) is 4.48. The summed E-state index contributed by atoms with van der Waals surface area (Å²) in [7, 11) is 0. The van der Waals surface area contributed by atoms with Crippen molar-refractivity contribution in [3.63, 3.8) is 0 Å². The molecule has 138 valence electrons.